The average molecular weight is 244 g/mol. The van der Waals surface area contributed by atoms with Crippen LogP contribution in [0.25, 0.3) is 11.1 Å². The zero-order valence-electron chi connectivity index (χ0n) is 10.4. The second-order valence-electron chi connectivity index (χ2n) is 3.91. The molecule has 0 aliphatic rings. The minimum Gasteiger partial charge on any atom is -0.497 e. The first-order valence-electron chi connectivity index (χ1n) is 5.53. The van der Waals surface area contributed by atoms with Gasteiger partial charge >= 0.3 is 0 Å². The molecular weight excluding hydrogens is 228 g/mol. The Hall–Kier alpha value is -2.36. The van der Waals surface area contributed by atoms with Crippen molar-refractivity contribution in [3.63, 3.8) is 0 Å². The smallest absolute Gasteiger partial charge is 0.130 e. The van der Waals surface area contributed by atoms with E-state index in [9.17, 15) is 0 Å². The van der Waals surface area contributed by atoms with Crippen LogP contribution >= 0.6 is 0 Å². The lowest BCUT2D eigenvalue weighted by Crippen LogP contribution is -1.95. The van der Waals surface area contributed by atoms with Crippen LogP contribution in [0.5, 0.6) is 11.5 Å². The molecule has 0 atom stereocenters. The van der Waals surface area contributed by atoms with Gasteiger partial charge in [-0.25, -0.2) is 0 Å². The lowest BCUT2D eigenvalue weighted by atomic mass is 10.0. The molecule has 2 rings (SSSR count). The van der Waals surface area contributed by atoms with Crippen molar-refractivity contribution in [1.29, 1.82) is 0 Å². The lowest BCUT2D eigenvalue weighted by Gasteiger charge is -2.11. The molecule has 18 heavy (non-hydrogen) atoms. The summed E-state index contributed by atoms with van der Waals surface area (Å²) in [6, 6.07) is 11.2. The maximum absolute atomic E-state index is 5.82. The van der Waals surface area contributed by atoms with E-state index in [2.05, 4.69) is 0 Å². The van der Waals surface area contributed by atoms with Gasteiger partial charge < -0.3 is 20.9 Å². The van der Waals surface area contributed by atoms with E-state index in [1.165, 1.54) is 0 Å². The zero-order chi connectivity index (χ0) is 13.1. The van der Waals surface area contributed by atoms with Crippen LogP contribution in [0.1, 0.15) is 0 Å². The van der Waals surface area contributed by atoms with Crippen molar-refractivity contribution in [2.75, 3.05) is 25.7 Å². The van der Waals surface area contributed by atoms with E-state index >= 15 is 0 Å². The first-order chi connectivity index (χ1) is 8.65. The maximum atomic E-state index is 5.82. The third-order valence-electron chi connectivity index (χ3n) is 2.81. The van der Waals surface area contributed by atoms with Gasteiger partial charge in [0, 0.05) is 11.6 Å². The van der Waals surface area contributed by atoms with Crippen LogP contribution in [-0.4, -0.2) is 14.2 Å². The lowest BCUT2D eigenvalue weighted by molar-refractivity contribution is 0.395. The molecule has 0 saturated heterocycles. The molecule has 4 heteroatoms. The van der Waals surface area contributed by atoms with Gasteiger partial charge in [-0.15, -0.1) is 0 Å². The van der Waals surface area contributed by atoms with Crippen LogP contribution in [0.2, 0.25) is 0 Å². The molecule has 2 aromatic carbocycles. The van der Waals surface area contributed by atoms with E-state index in [0.717, 1.165) is 22.6 Å². The van der Waals surface area contributed by atoms with Crippen molar-refractivity contribution in [1.82, 2.24) is 0 Å². The molecule has 94 valence electrons. The van der Waals surface area contributed by atoms with Gasteiger partial charge in [0.05, 0.1) is 25.6 Å². The fraction of sp³-hybridized carbons (Fsp3) is 0.143. The highest BCUT2D eigenvalue weighted by atomic mass is 16.5. The van der Waals surface area contributed by atoms with Crippen molar-refractivity contribution in [3.8, 4) is 22.6 Å². The van der Waals surface area contributed by atoms with Crippen LogP contribution in [0.3, 0.4) is 0 Å². The van der Waals surface area contributed by atoms with E-state index < -0.39 is 0 Å². The number of hydrogen-bond acceptors (Lipinski definition) is 4. The second kappa shape index (κ2) is 4.87. The van der Waals surface area contributed by atoms with Gasteiger partial charge in [0.25, 0.3) is 0 Å². The first-order valence-corrected chi connectivity index (χ1v) is 5.53. The number of hydrogen-bond donors (Lipinski definition) is 2. The van der Waals surface area contributed by atoms with Crippen molar-refractivity contribution < 1.29 is 9.47 Å². The number of methoxy groups -OCH3 is 2. The summed E-state index contributed by atoms with van der Waals surface area (Å²) in [5, 5.41) is 0. The summed E-state index contributed by atoms with van der Waals surface area (Å²) in [5.41, 5.74) is 14.6. The Labute approximate surface area is 106 Å². The molecule has 0 aliphatic carbocycles. The predicted molar refractivity (Wildman–Crippen MR) is 73.8 cm³/mol. The van der Waals surface area contributed by atoms with Crippen molar-refractivity contribution in [2.45, 2.75) is 0 Å². The number of anilines is 2. The number of rotatable bonds is 3. The molecule has 0 aromatic heterocycles. The zero-order valence-corrected chi connectivity index (χ0v) is 10.4. The van der Waals surface area contributed by atoms with Crippen LogP contribution < -0.4 is 20.9 Å². The molecular formula is C14H16N2O2. The molecule has 0 saturated carbocycles. The second-order valence-corrected chi connectivity index (χ2v) is 3.91. The standard InChI is InChI=1S/C14H16N2O2/c1-17-10-4-5-11(14(8-10)18-2)9-3-6-12(15)13(16)7-9/h3-8H,15-16H2,1-2H3. The summed E-state index contributed by atoms with van der Waals surface area (Å²) in [5.74, 6) is 1.48. The molecule has 0 aliphatic heterocycles. The van der Waals surface area contributed by atoms with Crippen LogP contribution in [0, 0.1) is 0 Å². The van der Waals surface area contributed by atoms with Gasteiger partial charge in [-0.3, -0.25) is 0 Å². The largest absolute Gasteiger partial charge is 0.497 e. The molecule has 0 spiro atoms. The first kappa shape index (κ1) is 12.1. The number of ether oxygens (including phenoxy) is 2. The van der Waals surface area contributed by atoms with Gasteiger partial charge in [-0.05, 0) is 29.8 Å². The highest BCUT2D eigenvalue weighted by Crippen LogP contribution is 2.34. The monoisotopic (exact) mass is 244 g/mol. The van der Waals surface area contributed by atoms with Crippen molar-refractivity contribution in [3.05, 3.63) is 36.4 Å². The summed E-state index contributed by atoms with van der Waals surface area (Å²) >= 11 is 0. The Morgan fingerprint density at radius 3 is 2.22 bits per heavy atom. The van der Waals surface area contributed by atoms with Crippen LogP contribution in [-0.2, 0) is 0 Å². The highest BCUT2D eigenvalue weighted by molar-refractivity contribution is 5.78. The van der Waals surface area contributed by atoms with Crippen molar-refractivity contribution in [2.24, 2.45) is 0 Å². The molecule has 0 heterocycles. The maximum Gasteiger partial charge on any atom is 0.130 e. The molecule has 4 N–H and O–H groups in total. The topological polar surface area (TPSA) is 70.5 Å². The van der Waals surface area contributed by atoms with E-state index in [4.69, 9.17) is 20.9 Å². The third kappa shape index (κ3) is 2.18. The Morgan fingerprint density at radius 2 is 1.61 bits per heavy atom. The van der Waals surface area contributed by atoms with Gasteiger partial charge in [0.1, 0.15) is 11.5 Å². The van der Waals surface area contributed by atoms with Gasteiger partial charge in [-0.1, -0.05) is 6.07 Å². The Morgan fingerprint density at radius 1 is 0.833 bits per heavy atom. The van der Waals surface area contributed by atoms with Gasteiger partial charge in [0.15, 0.2) is 0 Å². The number of nitrogen functional groups attached to an aromatic ring is 2. The molecule has 0 fully saturated rings. The molecule has 0 amide bonds. The normalized spacial score (nSPS) is 10.1. The van der Waals surface area contributed by atoms with Crippen LogP contribution in [0.15, 0.2) is 36.4 Å². The minimum absolute atomic E-state index is 0.561. The average Bonchev–Trinajstić information content (AvgIpc) is 2.41. The van der Waals surface area contributed by atoms with E-state index in [1.807, 2.05) is 30.3 Å². The van der Waals surface area contributed by atoms with E-state index in [0.29, 0.717) is 11.4 Å². The summed E-state index contributed by atoms with van der Waals surface area (Å²) < 4.78 is 10.5. The molecule has 4 nitrogen and oxygen atoms in total. The summed E-state index contributed by atoms with van der Waals surface area (Å²) in [6.45, 7) is 0. The quantitative estimate of drug-likeness (QED) is 0.814. The van der Waals surface area contributed by atoms with E-state index in [-0.39, 0.29) is 0 Å². The molecule has 2 aromatic rings. The van der Waals surface area contributed by atoms with Gasteiger partial charge in [0.2, 0.25) is 0 Å². The molecule has 0 radical (unpaired) electrons. The summed E-state index contributed by atoms with van der Waals surface area (Å²) in [4.78, 5) is 0. The predicted octanol–water partition coefficient (Wildman–Crippen LogP) is 2.54. The Kier molecular flexibility index (Phi) is 3.28. The van der Waals surface area contributed by atoms with Crippen molar-refractivity contribution >= 4 is 11.4 Å². The molecule has 0 unspecified atom stereocenters. The Bertz CT molecular complexity index is 568. The summed E-state index contributed by atoms with van der Waals surface area (Å²) in [6.07, 6.45) is 0. The summed E-state index contributed by atoms with van der Waals surface area (Å²) in [7, 11) is 3.24. The number of nitrogens with two attached hydrogens (primary N) is 2. The fourth-order valence-electron chi connectivity index (χ4n) is 1.78. The van der Waals surface area contributed by atoms with E-state index in [1.54, 1.807) is 20.3 Å². The van der Waals surface area contributed by atoms with Crippen LogP contribution in [0.4, 0.5) is 11.4 Å². The fourth-order valence-corrected chi connectivity index (χ4v) is 1.78. The third-order valence-corrected chi connectivity index (χ3v) is 2.81. The highest BCUT2D eigenvalue weighted by Gasteiger charge is 2.08. The van der Waals surface area contributed by atoms with Gasteiger partial charge in [-0.2, -0.15) is 0 Å². The minimum atomic E-state index is 0.561. The molecule has 0 bridgehead atoms. The Balaban J connectivity index is 2.52. The SMILES string of the molecule is COc1ccc(-c2ccc(N)c(N)c2)c(OC)c1. The number of benzene rings is 2.